The van der Waals surface area contributed by atoms with Crippen LogP contribution in [0.4, 0.5) is 0 Å². The molecule has 1 aromatic heterocycles. The second-order valence-electron chi connectivity index (χ2n) is 3.53. The number of aromatic nitrogens is 1. The maximum absolute atomic E-state index is 4.34. The number of pyridine rings is 1. The van der Waals surface area contributed by atoms with Crippen molar-refractivity contribution in [3.8, 4) is 11.3 Å². The maximum atomic E-state index is 4.34. The molecule has 0 saturated heterocycles. The van der Waals surface area contributed by atoms with Crippen LogP contribution in [-0.4, -0.2) is 4.98 Å². The molecule has 0 bridgehead atoms. The molecule has 1 heterocycles. The van der Waals surface area contributed by atoms with Crippen LogP contribution in [0.25, 0.3) is 11.3 Å². The number of aryl methyl sites for hydroxylation is 2. The Hall–Kier alpha value is -1.63. The molecule has 0 fully saturated rings. The molecule has 0 unspecified atom stereocenters. The van der Waals surface area contributed by atoms with Crippen molar-refractivity contribution in [2.75, 3.05) is 0 Å². The molecule has 0 N–H and O–H groups in total. The molecule has 1 aromatic carbocycles. The molecule has 0 aliphatic heterocycles. The first-order valence-corrected chi connectivity index (χ1v) is 4.76. The van der Waals surface area contributed by atoms with E-state index in [1.807, 2.05) is 24.4 Å². The second-order valence-corrected chi connectivity index (χ2v) is 3.53. The van der Waals surface area contributed by atoms with Gasteiger partial charge in [0, 0.05) is 11.8 Å². The SMILES string of the molecule is Cc1ccc(-c2ccccn2)c(C)c1. The van der Waals surface area contributed by atoms with Crippen molar-refractivity contribution in [1.82, 2.24) is 4.98 Å². The van der Waals surface area contributed by atoms with E-state index in [2.05, 4.69) is 37.0 Å². The summed E-state index contributed by atoms with van der Waals surface area (Å²) in [5, 5.41) is 0. The van der Waals surface area contributed by atoms with Crippen LogP contribution in [0.5, 0.6) is 0 Å². The minimum Gasteiger partial charge on any atom is -0.256 e. The van der Waals surface area contributed by atoms with Crippen LogP contribution in [-0.2, 0) is 0 Å². The van der Waals surface area contributed by atoms with Crippen LogP contribution in [0.15, 0.2) is 42.6 Å². The van der Waals surface area contributed by atoms with Gasteiger partial charge in [-0.3, -0.25) is 4.98 Å². The Bertz CT molecular complexity index is 432. The van der Waals surface area contributed by atoms with Crippen molar-refractivity contribution in [2.45, 2.75) is 13.8 Å². The zero-order valence-corrected chi connectivity index (χ0v) is 8.49. The van der Waals surface area contributed by atoms with Crippen LogP contribution < -0.4 is 0 Å². The van der Waals surface area contributed by atoms with Crippen molar-refractivity contribution >= 4 is 0 Å². The van der Waals surface area contributed by atoms with Crippen LogP contribution in [0.3, 0.4) is 0 Å². The molecule has 70 valence electrons. The van der Waals surface area contributed by atoms with Crippen molar-refractivity contribution in [3.63, 3.8) is 0 Å². The third kappa shape index (κ3) is 1.67. The molecule has 0 aliphatic carbocycles. The highest BCUT2D eigenvalue weighted by Crippen LogP contribution is 2.21. The van der Waals surface area contributed by atoms with Gasteiger partial charge in [0.15, 0.2) is 0 Å². The smallest absolute Gasteiger partial charge is 0.0704 e. The second kappa shape index (κ2) is 3.62. The Kier molecular flexibility index (Phi) is 2.32. The fourth-order valence-corrected chi connectivity index (χ4v) is 1.62. The van der Waals surface area contributed by atoms with Crippen molar-refractivity contribution in [1.29, 1.82) is 0 Å². The van der Waals surface area contributed by atoms with E-state index in [1.54, 1.807) is 0 Å². The first-order chi connectivity index (χ1) is 6.77. The van der Waals surface area contributed by atoms with E-state index in [0.717, 1.165) is 5.69 Å². The lowest BCUT2D eigenvalue weighted by Crippen LogP contribution is -1.86. The lowest BCUT2D eigenvalue weighted by molar-refractivity contribution is 1.29. The van der Waals surface area contributed by atoms with E-state index < -0.39 is 0 Å². The summed E-state index contributed by atoms with van der Waals surface area (Å²) in [5.41, 5.74) is 4.84. The van der Waals surface area contributed by atoms with Gasteiger partial charge in [0.1, 0.15) is 0 Å². The highest BCUT2D eigenvalue weighted by molar-refractivity contribution is 5.63. The highest BCUT2D eigenvalue weighted by Gasteiger charge is 2.01. The summed E-state index contributed by atoms with van der Waals surface area (Å²) in [6, 6.07) is 12.4. The Morgan fingerprint density at radius 3 is 2.50 bits per heavy atom. The van der Waals surface area contributed by atoms with Gasteiger partial charge in [-0.1, -0.05) is 29.8 Å². The third-order valence-electron chi connectivity index (χ3n) is 2.32. The van der Waals surface area contributed by atoms with Gasteiger partial charge in [-0.2, -0.15) is 0 Å². The fraction of sp³-hybridized carbons (Fsp3) is 0.154. The van der Waals surface area contributed by atoms with Gasteiger partial charge in [-0.05, 0) is 31.5 Å². The maximum Gasteiger partial charge on any atom is 0.0704 e. The van der Waals surface area contributed by atoms with E-state index >= 15 is 0 Å². The predicted molar refractivity (Wildman–Crippen MR) is 59.1 cm³/mol. The quantitative estimate of drug-likeness (QED) is 0.660. The fourth-order valence-electron chi connectivity index (χ4n) is 1.62. The summed E-state index contributed by atoms with van der Waals surface area (Å²) in [4.78, 5) is 4.34. The molecule has 1 heteroatoms. The van der Waals surface area contributed by atoms with Gasteiger partial charge < -0.3 is 0 Å². The van der Waals surface area contributed by atoms with Crippen LogP contribution in [0.1, 0.15) is 11.1 Å². The van der Waals surface area contributed by atoms with Gasteiger partial charge >= 0.3 is 0 Å². The average molecular weight is 183 g/mol. The molecule has 0 aliphatic rings. The average Bonchev–Trinajstić information content (AvgIpc) is 2.19. The number of hydrogen-bond acceptors (Lipinski definition) is 1. The Morgan fingerprint density at radius 2 is 1.86 bits per heavy atom. The lowest BCUT2D eigenvalue weighted by Gasteiger charge is -2.05. The molecule has 0 atom stereocenters. The highest BCUT2D eigenvalue weighted by atomic mass is 14.7. The Balaban J connectivity index is 2.53. The monoisotopic (exact) mass is 183 g/mol. The molecule has 1 nitrogen and oxygen atoms in total. The van der Waals surface area contributed by atoms with Gasteiger partial charge in [0.05, 0.1) is 5.69 Å². The Labute approximate surface area is 84.4 Å². The Morgan fingerprint density at radius 1 is 1.00 bits per heavy atom. The van der Waals surface area contributed by atoms with Gasteiger partial charge in [-0.15, -0.1) is 0 Å². The molecule has 0 spiro atoms. The van der Waals surface area contributed by atoms with Crippen molar-refractivity contribution < 1.29 is 0 Å². The third-order valence-corrected chi connectivity index (χ3v) is 2.32. The molecular weight excluding hydrogens is 170 g/mol. The van der Waals surface area contributed by atoms with E-state index in [4.69, 9.17) is 0 Å². The summed E-state index contributed by atoms with van der Waals surface area (Å²) in [6.45, 7) is 4.23. The number of benzene rings is 1. The largest absolute Gasteiger partial charge is 0.256 e. The lowest BCUT2D eigenvalue weighted by atomic mass is 10.0. The van der Waals surface area contributed by atoms with E-state index in [9.17, 15) is 0 Å². The summed E-state index contributed by atoms with van der Waals surface area (Å²) >= 11 is 0. The molecule has 0 radical (unpaired) electrons. The number of rotatable bonds is 1. The summed E-state index contributed by atoms with van der Waals surface area (Å²) < 4.78 is 0. The molecule has 0 amide bonds. The zero-order valence-electron chi connectivity index (χ0n) is 8.49. The van der Waals surface area contributed by atoms with Crippen LogP contribution in [0, 0.1) is 13.8 Å². The molecule has 14 heavy (non-hydrogen) atoms. The van der Waals surface area contributed by atoms with Gasteiger partial charge in [0.2, 0.25) is 0 Å². The summed E-state index contributed by atoms with van der Waals surface area (Å²) in [7, 11) is 0. The number of nitrogens with zero attached hydrogens (tertiary/aromatic N) is 1. The summed E-state index contributed by atoms with van der Waals surface area (Å²) in [5.74, 6) is 0. The normalized spacial score (nSPS) is 10.1. The minimum atomic E-state index is 1.05. The number of hydrogen-bond donors (Lipinski definition) is 0. The zero-order chi connectivity index (χ0) is 9.97. The van der Waals surface area contributed by atoms with Gasteiger partial charge in [0.25, 0.3) is 0 Å². The van der Waals surface area contributed by atoms with Crippen molar-refractivity contribution in [2.24, 2.45) is 0 Å². The topological polar surface area (TPSA) is 12.9 Å². The molecule has 2 aromatic rings. The first-order valence-electron chi connectivity index (χ1n) is 4.76. The first kappa shape index (κ1) is 8.95. The van der Waals surface area contributed by atoms with Crippen LogP contribution in [0.2, 0.25) is 0 Å². The van der Waals surface area contributed by atoms with Gasteiger partial charge in [-0.25, -0.2) is 0 Å². The molecule has 0 saturated carbocycles. The van der Waals surface area contributed by atoms with Crippen LogP contribution >= 0.6 is 0 Å². The minimum absolute atomic E-state index is 1.05. The predicted octanol–water partition coefficient (Wildman–Crippen LogP) is 3.37. The molecular formula is C13H13N. The standard InChI is InChI=1S/C13H13N/c1-10-6-7-12(11(2)9-10)13-5-3-4-8-14-13/h3-9H,1-2H3. The van der Waals surface area contributed by atoms with Crippen molar-refractivity contribution in [3.05, 3.63) is 53.7 Å². The van der Waals surface area contributed by atoms with E-state index in [-0.39, 0.29) is 0 Å². The molecule has 2 rings (SSSR count). The van der Waals surface area contributed by atoms with E-state index in [1.165, 1.54) is 16.7 Å². The van der Waals surface area contributed by atoms with E-state index in [0.29, 0.717) is 0 Å². The summed E-state index contributed by atoms with van der Waals surface area (Å²) in [6.07, 6.45) is 1.83.